The van der Waals surface area contributed by atoms with E-state index in [9.17, 15) is 0 Å². The number of unbranched alkanes of at least 4 members (excludes halogenated alkanes) is 2. The first kappa shape index (κ1) is 43.6. The summed E-state index contributed by atoms with van der Waals surface area (Å²) >= 11 is 10.1. The van der Waals surface area contributed by atoms with Crippen molar-refractivity contribution in [2.45, 2.75) is 91.1 Å². The molecule has 8 aromatic rings. The molecule has 0 saturated heterocycles. The topological polar surface area (TPSA) is 51.6 Å². The summed E-state index contributed by atoms with van der Waals surface area (Å²) in [4.78, 5) is 8.04. The Morgan fingerprint density at radius 1 is 0.596 bits per heavy atom. The summed E-state index contributed by atoms with van der Waals surface area (Å²) in [5.41, 5.74) is 8.44. The standard InChI is InChI=1S/C44H44N4S6Si.2W/c1-5-9-13-27(7-3)25-55(26-28(8-4)14-10-6-2)37-23-35(31-19-17-29(33-15-11-21-49-33)39-41(31)47-53-45-39)51-43(37)44-38(55)24-36(52-44)32-20-18-30(34-16-12-22-50-34)40-42(32)48-54-46-40;;/h11-12,15-16,19-24,27-28H,5-10,13-14,25-26H2,1-4H3;;/q-2;;. The Kier molecular flexibility index (Phi) is 14.5. The van der Waals surface area contributed by atoms with Crippen molar-refractivity contribution in [2.75, 3.05) is 0 Å². The number of aromatic nitrogens is 4. The van der Waals surface area contributed by atoms with Gasteiger partial charge in [0.15, 0.2) is 0 Å². The number of hydrogen-bond acceptors (Lipinski definition) is 10. The molecule has 2 atom stereocenters. The molecule has 2 aromatic carbocycles. The second-order valence-corrected chi connectivity index (χ2v) is 24.2. The fourth-order valence-corrected chi connectivity index (χ4v) is 21.9. The Labute approximate surface area is 390 Å². The number of fused-ring (bicyclic) bond motifs is 5. The average molecular weight is 1220 g/mol. The largest absolute Gasteiger partial charge is 0.224 e. The first-order chi connectivity index (χ1) is 27.1. The van der Waals surface area contributed by atoms with E-state index >= 15 is 0 Å². The summed E-state index contributed by atoms with van der Waals surface area (Å²) in [5, 5.41) is 7.63. The van der Waals surface area contributed by atoms with Crippen LogP contribution in [0.3, 0.4) is 0 Å². The smallest absolute Gasteiger partial charge is 0.122 e. The van der Waals surface area contributed by atoms with Gasteiger partial charge in [-0.3, -0.25) is 0 Å². The van der Waals surface area contributed by atoms with E-state index in [4.69, 9.17) is 17.5 Å². The fourth-order valence-electron chi connectivity index (χ4n) is 8.85. The quantitative estimate of drug-likeness (QED) is 0.0715. The van der Waals surface area contributed by atoms with Gasteiger partial charge in [0.1, 0.15) is 8.07 Å². The minimum absolute atomic E-state index is 0. The van der Waals surface area contributed by atoms with Gasteiger partial charge in [0.2, 0.25) is 0 Å². The predicted molar refractivity (Wildman–Crippen MR) is 246 cm³/mol. The van der Waals surface area contributed by atoms with Crippen LogP contribution in [0, 0.1) is 24.0 Å². The molecule has 7 heterocycles. The first-order valence-electron chi connectivity index (χ1n) is 19.8. The van der Waals surface area contributed by atoms with Crippen LogP contribution in [0.15, 0.2) is 59.3 Å². The fraction of sp³-hybridized carbons (Fsp3) is 0.364. The van der Waals surface area contributed by atoms with Gasteiger partial charge in [0.05, 0.1) is 23.5 Å². The molecule has 0 radical (unpaired) electrons. The van der Waals surface area contributed by atoms with Crippen LogP contribution in [0.4, 0.5) is 0 Å². The van der Waals surface area contributed by atoms with Gasteiger partial charge >= 0.3 is 0 Å². The maximum absolute atomic E-state index is 4.93. The summed E-state index contributed by atoms with van der Waals surface area (Å²) in [6.07, 6.45) is 10.3. The molecule has 4 nitrogen and oxygen atoms in total. The van der Waals surface area contributed by atoms with Crippen LogP contribution in [0.2, 0.25) is 12.1 Å². The zero-order chi connectivity index (χ0) is 37.5. The molecule has 6 aromatic heterocycles. The third kappa shape index (κ3) is 8.05. The van der Waals surface area contributed by atoms with Crippen LogP contribution in [0.5, 0.6) is 0 Å². The third-order valence-electron chi connectivity index (χ3n) is 11.8. The van der Waals surface area contributed by atoms with Gasteiger partial charge in [-0.1, -0.05) is 127 Å². The van der Waals surface area contributed by atoms with Gasteiger partial charge in [0.25, 0.3) is 0 Å². The molecule has 0 N–H and O–H groups in total. The molecule has 0 bridgehead atoms. The molecule has 1 aliphatic rings. The van der Waals surface area contributed by atoms with E-state index in [2.05, 4.69) is 99.1 Å². The molecular weight excluding hydrogens is 1170 g/mol. The summed E-state index contributed by atoms with van der Waals surface area (Å²) in [7, 11) is -2.24. The van der Waals surface area contributed by atoms with Crippen molar-refractivity contribution in [3.8, 4) is 51.5 Å². The number of thiophene rings is 4. The molecule has 294 valence electrons. The minimum Gasteiger partial charge on any atom is -0.224 e. The van der Waals surface area contributed by atoms with E-state index in [1.54, 1.807) is 33.0 Å². The molecule has 1 aliphatic heterocycles. The molecule has 0 saturated carbocycles. The molecule has 13 heteroatoms. The van der Waals surface area contributed by atoms with Gasteiger partial charge in [-0.2, -0.15) is 31.4 Å². The van der Waals surface area contributed by atoms with Crippen molar-refractivity contribution in [2.24, 2.45) is 11.8 Å². The molecule has 0 aliphatic carbocycles. The summed E-state index contributed by atoms with van der Waals surface area (Å²) < 4.78 is 19.5. The van der Waals surface area contributed by atoms with Crippen LogP contribution < -0.4 is 10.4 Å². The van der Waals surface area contributed by atoms with E-state index < -0.39 is 8.07 Å². The zero-order valence-electron chi connectivity index (χ0n) is 32.6. The summed E-state index contributed by atoms with van der Waals surface area (Å²) in [6.45, 7) is 9.59. The molecule has 0 spiro atoms. The summed E-state index contributed by atoms with van der Waals surface area (Å²) in [5.74, 6) is 1.45. The Hall–Kier alpha value is -1.53. The van der Waals surface area contributed by atoms with Crippen LogP contribution in [-0.2, 0) is 42.1 Å². The molecule has 57 heavy (non-hydrogen) atoms. The second kappa shape index (κ2) is 19.0. The van der Waals surface area contributed by atoms with Gasteiger partial charge in [-0.25, -0.2) is 8.75 Å². The monoisotopic (exact) mass is 1220 g/mol. The van der Waals surface area contributed by atoms with Gasteiger partial charge < -0.3 is 0 Å². The van der Waals surface area contributed by atoms with Gasteiger partial charge in [-0.05, 0) is 64.6 Å². The van der Waals surface area contributed by atoms with Crippen LogP contribution in [0.1, 0.15) is 79.1 Å². The van der Waals surface area contributed by atoms with Crippen LogP contribution in [0.25, 0.3) is 73.6 Å². The predicted octanol–water partition coefficient (Wildman–Crippen LogP) is 14.2. The van der Waals surface area contributed by atoms with Gasteiger partial charge in [0, 0.05) is 74.0 Å². The Bertz CT molecular complexity index is 2370. The Morgan fingerprint density at radius 2 is 1.04 bits per heavy atom. The Morgan fingerprint density at radius 3 is 1.42 bits per heavy atom. The molecule has 2 unspecified atom stereocenters. The SMILES string of the molecule is CCCCC(CC)C[Si]1(CC(CC)CCCC)c2cc(-c3c[c-]c(-c4cccs4)c4nsnc34)sc2-c2sc(-c3c[c-]c(-c4cccs4)c4nsnc34)cc21.[W].[W]. The maximum atomic E-state index is 4.93. The van der Waals surface area contributed by atoms with Crippen molar-refractivity contribution in [1.29, 1.82) is 0 Å². The van der Waals surface area contributed by atoms with E-state index in [0.29, 0.717) is 0 Å². The van der Waals surface area contributed by atoms with E-state index in [0.717, 1.165) is 45.0 Å². The number of benzene rings is 2. The van der Waals surface area contributed by atoms with E-state index in [1.807, 2.05) is 22.7 Å². The molecule has 0 fully saturated rings. The van der Waals surface area contributed by atoms with E-state index in [1.165, 1.54) is 127 Å². The molecule has 9 rings (SSSR count). The van der Waals surface area contributed by atoms with Crippen molar-refractivity contribution >= 4 is 109 Å². The van der Waals surface area contributed by atoms with Crippen molar-refractivity contribution in [3.05, 3.63) is 71.4 Å². The van der Waals surface area contributed by atoms with Crippen molar-refractivity contribution < 1.29 is 42.1 Å². The number of nitrogens with zero attached hydrogens (tertiary/aromatic N) is 4. The molecule has 0 amide bonds. The molecular formula is C44H44N4S6SiW2-2. The van der Waals surface area contributed by atoms with Crippen LogP contribution in [-0.4, -0.2) is 25.6 Å². The second-order valence-electron chi connectivity index (χ2n) is 15.1. The Balaban J connectivity index is 0.00000248. The first-order valence-corrected chi connectivity index (χ1v) is 27.0. The van der Waals surface area contributed by atoms with E-state index in [-0.39, 0.29) is 42.1 Å². The minimum atomic E-state index is -2.24. The van der Waals surface area contributed by atoms with Crippen molar-refractivity contribution in [1.82, 2.24) is 17.5 Å². The van der Waals surface area contributed by atoms with Crippen molar-refractivity contribution in [3.63, 3.8) is 0 Å². The average Bonchev–Trinajstić information content (AvgIpc) is 4.06. The van der Waals surface area contributed by atoms with Crippen LogP contribution >= 0.6 is 68.8 Å². The van der Waals surface area contributed by atoms with Gasteiger partial charge in [-0.15, -0.1) is 58.1 Å². The number of rotatable bonds is 16. The third-order valence-corrected chi connectivity index (χ3v) is 22.9. The maximum Gasteiger partial charge on any atom is 0.122 e. The zero-order valence-corrected chi connectivity index (χ0v) is 44.3. The summed E-state index contributed by atoms with van der Waals surface area (Å²) in [6, 6.07) is 28.2. The number of hydrogen-bond donors (Lipinski definition) is 0. The normalized spacial score (nSPS) is 14.0.